The molecular weight excluding hydrogens is 495 g/mol. The number of aryl methyl sites for hydroxylation is 1. The zero-order chi connectivity index (χ0) is 27.2. The first-order chi connectivity index (χ1) is 19.0. The summed E-state index contributed by atoms with van der Waals surface area (Å²) in [5, 5.41) is 7.73. The summed E-state index contributed by atoms with van der Waals surface area (Å²) >= 11 is 0. The van der Waals surface area contributed by atoms with Crippen molar-refractivity contribution < 1.29 is 14.0 Å². The van der Waals surface area contributed by atoms with Gasteiger partial charge in [-0.25, -0.2) is 14.1 Å². The third-order valence-corrected chi connectivity index (χ3v) is 7.79. The maximum absolute atomic E-state index is 13.2. The van der Waals surface area contributed by atoms with Crippen molar-refractivity contribution in [2.45, 2.75) is 51.5 Å². The molecule has 3 aromatic rings. The maximum Gasteiger partial charge on any atom is 0.226 e. The van der Waals surface area contributed by atoms with Gasteiger partial charge in [-0.2, -0.15) is 5.10 Å². The largest absolute Gasteiger partial charge is 0.371 e. The Labute approximate surface area is 229 Å². The highest BCUT2D eigenvalue weighted by molar-refractivity contribution is 5.84. The number of halogens is 1. The third kappa shape index (κ3) is 6.82. The molecule has 0 spiro atoms. The van der Waals surface area contributed by atoms with Gasteiger partial charge in [0, 0.05) is 51.3 Å². The lowest BCUT2D eigenvalue weighted by Gasteiger charge is -2.38. The molecule has 2 amide bonds. The number of nitrogens with zero attached hydrogens (tertiary/aromatic N) is 5. The molecule has 0 radical (unpaired) electrons. The first kappa shape index (κ1) is 26.8. The van der Waals surface area contributed by atoms with Crippen LogP contribution in [0.1, 0.15) is 55.6 Å². The van der Waals surface area contributed by atoms with Crippen LogP contribution in [-0.2, 0) is 22.4 Å². The quantitative estimate of drug-likeness (QED) is 0.402. The van der Waals surface area contributed by atoms with E-state index in [4.69, 9.17) is 5.10 Å². The van der Waals surface area contributed by atoms with E-state index in [2.05, 4.69) is 39.5 Å². The second-order valence-electron chi connectivity index (χ2n) is 10.6. The van der Waals surface area contributed by atoms with Crippen LogP contribution in [0.3, 0.4) is 0 Å². The smallest absolute Gasteiger partial charge is 0.226 e. The van der Waals surface area contributed by atoms with E-state index in [1.54, 1.807) is 17.0 Å². The number of likely N-dealkylation sites (tertiary alicyclic amines) is 1. The fourth-order valence-corrected chi connectivity index (χ4v) is 5.37. The Kier molecular flexibility index (Phi) is 8.54. The summed E-state index contributed by atoms with van der Waals surface area (Å²) in [5.41, 5.74) is 3.51. The number of amides is 2. The molecule has 0 atom stereocenters. The Bertz CT molecular complexity index is 1260. The lowest BCUT2D eigenvalue weighted by molar-refractivity contribution is -0.142. The summed E-state index contributed by atoms with van der Waals surface area (Å²) in [6.07, 6.45) is 6.70. The van der Waals surface area contributed by atoms with Crippen molar-refractivity contribution in [2.75, 3.05) is 37.6 Å². The molecule has 0 aliphatic carbocycles. The zero-order valence-corrected chi connectivity index (χ0v) is 22.6. The number of carbonyl (C=O) groups is 2. The first-order valence-corrected chi connectivity index (χ1v) is 14.0. The summed E-state index contributed by atoms with van der Waals surface area (Å²) < 4.78 is 15.1. The average Bonchev–Trinajstić information content (AvgIpc) is 3.40. The monoisotopic (exact) mass is 532 g/mol. The predicted molar refractivity (Wildman–Crippen MR) is 148 cm³/mol. The highest BCUT2D eigenvalue weighted by Gasteiger charge is 2.34. The molecule has 3 heterocycles. The van der Waals surface area contributed by atoms with E-state index >= 15 is 0 Å². The van der Waals surface area contributed by atoms with Crippen LogP contribution in [0.15, 0.2) is 54.9 Å². The predicted octanol–water partition coefficient (Wildman–Crippen LogP) is 3.77. The van der Waals surface area contributed by atoms with Crippen LogP contribution in [0.5, 0.6) is 0 Å². The van der Waals surface area contributed by atoms with E-state index in [0.29, 0.717) is 38.5 Å². The van der Waals surface area contributed by atoms with Gasteiger partial charge in [0.1, 0.15) is 12.1 Å². The van der Waals surface area contributed by atoms with Crippen molar-refractivity contribution in [1.82, 2.24) is 25.0 Å². The Balaban J connectivity index is 1.04. The fraction of sp³-hybridized carbons (Fsp3) is 0.467. The maximum atomic E-state index is 13.2. The molecule has 2 aromatic carbocycles. The zero-order valence-electron chi connectivity index (χ0n) is 22.6. The minimum atomic E-state index is -0.234. The van der Waals surface area contributed by atoms with Crippen LogP contribution in [0.25, 0.3) is 0 Å². The normalized spacial score (nSPS) is 16.3. The number of hydrogen-bond donors (Lipinski definition) is 1. The SMILES string of the molecule is CCC(=O)N1CC(C(=O)NCCCc2cccc(N3CCC(n4cnc(Cc5ccc(F)cc5)n4)CC3)c2)C1. The van der Waals surface area contributed by atoms with Crippen LogP contribution >= 0.6 is 0 Å². The second-order valence-corrected chi connectivity index (χ2v) is 10.6. The summed E-state index contributed by atoms with van der Waals surface area (Å²) in [6.45, 7) is 5.50. The Morgan fingerprint density at radius 3 is 2.56 bits per heavy atom. The summed E-state index contributed by atoms with van der Waals surface area (Å²) in [7, 11) is 0. The number of benzene rings is 2. The Hall–Kier alpha value is -3.75. The van der Waals surface area contributed by atoms with Crippen LogP contribution in [0.4, 0.5) is 10.1 Å². The van der Waals surface area contributed by atoms with Gasteiger partial charge in [0.05, 0.1) is 12.0 Å². The molecule has 0 bridgehead atoms. The van der Waals surface area contributed by atoms with Gasteiger partial charge < -0.3 is 15.1 Å². The van der Waals surface area contributed by atoms with Gasteiger partial charge in [-0.05, 0) is 61.1 Å². The molecule has 1 N–H and O–H groups in total. The van der Waals surface area contributed by atoms with E-state index < -0.39 is 0 Å². The van der Waals surface area contributed by atoms with Crippen molar-refractivity contribution in [3.63, 3.8) is 0 Å². The van der Waals surface area contributed by atoms with Gasteiger partial charge in [0.2, 0.25) is 11.8 Å². The van der Waals surface area contributed by atoms with Crippen molar-refractivity contribution in [2.24, 2.45) is 5.92 Å². The van der Waals surface area contributed by atoms with Crippen molar-refractivity contribution >= 4 is 17.5 Å². The van der Waals surface area contributed by atoms with E-state index in [-0.39, 0.29) is 23.5 Å². The molecule has 1 aromatic heterocycles. The van der Waals surface area contributed by atoms with Gasteiger partial charge in [0.15, 0.2) is 5.82 Å². The average molecular weight is 533 g/mol. The molecule has 2 fully saturated rings. The van der Waals surface area contributed by atoms with Crippen LogP contribution in [-0.4, -0.2) is 64.2 Å². The molecule has 0 saturated carbocycles. The van der Waals surface area contributed by atoms with E-state index in [1.165, 1.54) is 23.4 Å². The molecular formula is C30H37FN6O2. The minimum Gasteiger partial charge on any atom is -0.371 e. The van der Waals surface area contributed by atoms with Crippen LogP contribution < -0.4 is 10.2 Å². The van der Waals surface area contributed by atoms with Gasteiger partial charge in [-0.15, -0.1) is 0 Å². The third-order valence-electron chi connectivity index (χ3n) is 7.79. The topological polar surface area (TPSA) is 83.4 Å². The highest BCUT2D eigenvalue weighted by atomic mass is 19.1. The standard InChI is InChI=1S/C30H37FN6O2/c1-2-29(38)36-19-24(20-36)30(39)32-14-4-6-22-5-3-7-27(17-22)35-15-12-26(13-16-35)37-21-33-28(34-37)18-23-8-10-25(31)11-9-23/h3,5,7-11,17,21,24,26H,2,4,6,12-16,18-20H2,1H3,(H,32,39). The van der Waals surface area contributed by atoms with E-state index in [0.717, 1.165) is 50.2 Å². The first-order valence-electron chi connectivity index (χ1n) is 14.0. The summed E-state index contributed by atoms with van der Waals surface area (Å²) in [4.78, 5) is 32.6. The molecule has 8 nitrogen and oxygen atoms in total. The lowest BCUT2D eigenvalue weighted by Crippen LogP contribution is -2.55. The number of piperidine rings is 1. The molecule has 9 heteroatoms. The molecule has 2 saturated heterocycles. The minimum absolute atomic E-state index is 0.0572. The van der Waals surface area contributed by atoms with Crippen molar-refractivity contribution in [3.05, 3.63) is 77.6 Å². The molecule has 2 aliphatic rings. The molecule has 0 unspecified atom stereocenters. The lowest BCUT2D eigenvalue weighted by atomic mass is 9.98. The molecule has 39 heavy (non-hydrogen) atoms. The van der Waals surface area contributed by atoms with E-state index in [1.807, 2.05) is 17.9 Å². The van der Waals surface area contributed by atoms with E-state index in [9.17, 15) is 14.0 Å². The number of hydrogen-bond acceptors (Lipinski definition) is 5. The van der Waals surface area contributed by atoms with Crippen molar-refractivity contribution in [1.29, 1.82) is 0 Å². The van der Waals surface area contributed by atoms with Gasteiger partial charge in [0.25, 0.3) is 0 Å². The summed E-state index contributed by atoms with van der Waals surface area (Å²) in [5.74, 6) is 0.637. The number of aromatic nitrogens is 3. The van der Waals surface area contributed by atoms with Crippen LogP contribution in [0, 0.1) is 11.7 Å². The second kappa shape index (κ2) is 12.4. The van der Waals surface area contributed by atoms with Crippen molar-refractivity contribution in [3.8, 4) is 0 Å². The Morgan fingerprint density at radius 1 is 1.05 bits per heavy atom. The molecule has 5 rings (SSSR count). The fourth-order valence-electron chi connectivity index (χ4n) is 5.37. The molecule has 206 valence electrons. The number of carbonyl (C=O) groups excluding carboxylic acids is 2. The number of anilines is 1. The summed E-state index contributed by atoms with van der Waals surface area (Å²) in [6, 6.07) is 15.5. The number of nitrogens with one attached hydrogen (secondary N) is 1. The van der Waals surface area contributed by atoms with Gasteiger partial charge >= 0.3 is 0 Å². The Morgan fingerprint density at radius 2 is 1.82 bits per heavy atom. The highest BCUT2D eigenvalue weighted by Crippen LogP contribution is 2.27. The van der Waals surface area contributed by atoms with Gasteiger partial charge in [-0.3, -0.25) is 9.59 Å². The molecule has 2 aliphatic heterocycles. The van der Waals surface area contributed by atoms with Gasteiger partial charge in [-0.1, -0.05) is 31.2 Å². The van der Waals surface area contributed by atoms with Crippen LogP contribution in [0.2, 0.25) is 0 Å². The number of rotatable bonds is 10.